The Balaban J connectivity index is 0.000000196. The molecule has 0 aliphatic heterocycles. The van der Waals surface area contributed by atoms with Crippen LogP contribution in [0, 0.1) is 0 Å². The summed E-state index contributed by atoms with van der Waals surface area (Å²) in [6, 6.07) is 65.3. The minimum atomic E-state index is 0.971. The first kappa shape index (κ1) is 105. The molecule has 0 aliphatic rings. The number of oxazole rings is 1. The number of nitrogens with zero attached hydrogens (tertiary/aromatic N) is 28. The highest BCUT2D eigenvalue weighted by Crippen LogP contribution is 2.25. The maximum absolute atomic E-state index is 4.50. The number of thiazole rings is 1. The van der Waals surface area contributed by atoms with Crippen LogP contribution in [-0.4, -0.2) is 170 Å². The van der Waals surface area contributed by atoms with Crippen molar-refractivity contribution < 1.29 is 8.94 Å². The fourth-order valence-electron chi connectivity index (χ4n) is 8.50. The summed E-state index contributed by atoms with van der Waals surface area (Å²) in [6.07, 6.45) is 67.2. The predicted molar refractivity (Wildman–Crippen MR) is 536 cm³/mol. The lowest BCUT2D eigenvalue weighted by atomic mass is 10.2. The molecule has 42 heteroatoms. The number of fused-ring (bicyclic) bond motifs is 6. The van der Waals surface area contributed by atoms with E-state index in [-0.39, 0.29) is 0 Å². The van der Waals surface area contributed by atoms with Crippen LogP contribution in [0.15, 0.2) is 508 Å². The van der Waals surface area contributed by atoms with E-state index >= 15 is 0 Å². The lowest BCUT2D eigenvalue weighted by Gasteiger charge is -1.99. The molecule has 0 radical (unpaired) electrons. The van der Waals surface area contributed by atoms with Gasteiger partial charge in [0.05, 0.1) is 58.8 Å². The Bertz CT molecular complexity index is 5350. The highest BCUT2D eigenvalue weighted by atomic mass is 32.1. The minimum absolute atomic E-state index is 0.971. The summed E-state index contributed by atoms with van der Waals surface area (Å²) in [5, 5.41) is 62.2. The summed E-state index contributed by atoms with van der Waals surface area (Å²) in [5.41, 5.74) is 7.06. The molecule has 0 amide bonds. The number of hydrogen-bond acceptors (Lipinski definition) is 36. The van der Waals surface area contributed by atoms with Crippen LogP contribution in [-0.2, 0) is 0 Å². The molecule has 0 spiro atoms. The van der Waals surface area contributed by atoms with Gasteiger partial charge in [0, 0.05) is 202 Å². The van der Waals surface area contributed by atoms with E-state index < -0.39 is 0 Å². The minimum Gasteiger partial charge on any atom is -0.452 e. The number of para-hydroxylation sites is 3. The highest BCUT2D eigenvalue weighted by molar-refractivity contribution is 7.25. The fraction of sp³-hybridized carbons (Fsp3) is 0. The normalized spacial score (nSPS) is 8.88. The molecule has 682 valence electrons. The van der Waals surface area contributed by atoms with Gasteiger partial charge in [-0.3, -0.25) is 40.1 Å². The van der Waals surface area contributed by atoms with Crippen LogP contribution in [0.5, 0.6) is 0 Å². The molecule has 24 heterocycles. The van der Waals surface area contributed by atoms with E-state index in [4.69, 9.17) is 0 Å². The van der Waals surface area contributed by atoms with Gasteiger partial charge < -0.3 is 28.9 Å². The largest absolute Gasteiger partial charge is 0.452 e. The van der Waals surface area contributed by atoms with Crippen LogP contribution >= 0.6 is 68.2 Å². The molecule has 0 aliphatic carbocycles. The number of H-pyrrole nitrogens is 6. The number of aromatic amines is 6. The molecule has 0 saturated carbocycles. The first-order valence-corrected chi connectivity index (χ1v) is 45.0. The van der Waals surface area contributed by atoms with Gasteiger partial charge in [0.25, 0.3) is 0 Å². The summed E-state index contributed by atoms with van der Waals surface area (Å²) in [7, 11) is 0. The molecule has 3 aromatic carbocycles. The van der Waals surface area contributed by atoms with Crippen LogP contribution in [0.1, 0.15) is 0 Å². The molecule has 27 rings (SSSR count). The van der Waals surface area contributed by atoms with Crippen LogP contribution < -0.4 is 0 Å². The van der Waals surface area contributed by atoms with Crippen molar-refractivity contribution in [3.05, 3.63) is 499 Å². The van der Waals surface area contributed by atoms with Crippen molar-refractivity contribution in [3.8, 4) is 0 Å². The van der Waals surface area contributed by atoms with Crippen molar-refractivity contribution in [2.24, 2.45) is 0 Å². The molecule has 0 unspecified atom stereocenters. The van der Waals surface area contributed by atoms with Gasteiger partial charge in [-0.25, -0.2) is 54.2 Å². The number of aromatic nitrogens is 34. The van der Waals surface area contributed by atoms with Gasteiger partial charge in [0.15, 0.2) is 19.0 Å². The molecule has 0 fully saturated rings. The van der Waals surface area contributed by atoms with Crippen LogP contribution in [0.3, 0.4) is 0 Å². The van der Waals surface area contributed by atoms with Crippen molar-refractivity contribution in [1.29, 1.82) is 0 Å². The van der Waals surface area contributed by atoms with Crippen molar-refractivity contribution in [2.45, 2.75) is 0 Å². The summed E-state index contributed by atoms with van der Waals surface area (Å²) in [6.45, 7) is 0. The Morgan fingerprint density at radius 2 is 0.868 bits per heavy atom. The average Bonchev–Trinajstić information content (AvgIpc) is 1.000. The second kappa shape index (κ2) is 78.0. The zero-order chi connectivity index (χ0) is 94.6. The number of rotatable bonds is 0. The molecular weight excluding hydrogens is 1830 g/mol. The van der Waals surface area contributed by atoms with Gasteiger partial charge >= 0.3 is 0 Å². The topological polar surface area (TPSA) is 482 Å². The molecule has 27 aromatic rings. The lowest BCUT2D eigenvalue weighted by molar-refractivity contribution is 0.420. The number of imidazole rings is 2. The van der Waals surface area contributed by atoms with Gasteiger partial charge in [0.1, 0.15) is 44.2 Å². The second-order valence-corrected chi connectivity index (χ2v) is 28.5. The summed E-state index contributed by atoms with van der Waals surface area (Å²) in [5.74, 6) is 0. The van der Waals surface area contributed by atoms with Gasteiger partial charge in [0.2, 0.25) is 0 Å². The third-order valence-corrected chi connectivity index (χ3v) is 18.6. The van der Waals surface area contributed by atoms with Gasteiger partial charge in [-0.05, 0) is 183 Å². The zero-order valence-corrected chi connectivity index (χ0v) is 77.0. The van der Waals surface area contributed by atoms with Crippen molar-refractivity contribution in [3.63, 3.8) is 0 Å². The third-order valence-electron chi connectivity index (χ3n) is 14.1. The number of benzene rings is 3. The Morgan fingerprint density at radius 1 is 0.272 bits per heavy atom. The molecule has 0 saturated heterocycles. The maximum atomic E-state index is 4.50. The van der Waals surface area contributed by atoms with Crippen molar-refractivity contribution >= 4 is 131 Å². The molecule has 6 N–H and O–H groups in total. The first-order chi connectivity index (χ1) is 67.8. The smallest absolute Gasteiger partial charge is 0.180 e. The number of pyridine rings is 4. The van der Waals surface area contributed by atoms with Crippen molar-refractivity contribution in [2.75, 3.05) is 0 Å². The predicted octanol–water partition coefficient (Wildman–Crippen LogP) is 20.9. The summed E-state index contributed by atoms with van der Waals surface area (Å²) >= 11 is 10.2. The second-order valence-electron chi connectivity index (χ2n) is 23.4. The van der Waals surface area contributed by atoms with Crippen LogP contribution in [0.2, 0.25) is 0 Å². The molecule has 136 heavy (non-hydrogen) atoms. The standard InChI is InChI=1S/C11H7N3.C8H7N.C8H6S.C7H6N2.C6H4S2.C5H5N.3C4H4N2.C4H5N.C4H4S.2C3H3N3.3C3H4N2.2C3H3NO.2C3H3NS.C2H2N4/c1-3-12-6-8-5-9-7-13-4-2-11(9)14-10(1)8;2*1-2-4-8-7(3-1)5-6-9-8;1-2-4-7-6(3-1)8-5-9-7;1-3-7-6-2-4-8-5(1)6;1-2-4-6-5-3-1;1-2-6-4-3-5-1;1-2-5-4-6-3-1;1-2-4-6-5-3-1;2*1-2-4-5-3-1;1-4-2-6-3-5-1;1-2-5-6-3-4-1;1-2-5-3-4-1;2*1-2-4-5-3-1;1-2-5-3-4-1;1-2-4-5-3-1;1-2-5-3-4-1;1-2-4-5-3-1;1-3-5-2-6-4-1/h1-7H;1-6,9H;1-6H;1-5H,(H,8,9);1-4H;1-5H;3*1-4H;1-5H;1-4H;2*1-3H;3*1-3H,(H,4,5);4*1-3H;1-2H. The molecule has 0 atom stereocenters. The van der Waals surface area contributed by atoms with E-state index in [0.717, 1.165) is 32.8 Å². The van der Waals surface area contributed by atoms with Crippen LogP contribution in [0.4, 0.5) is 0 Å². The maximum Gasteiger partial charge on any atom is 0.180 e. The average molecular weight is 1920 g/mol. The summed E-state index contributed by atoms with van der Waals surface area (Å²) in [4.78, 5) is 72.3. The van der Waals surface area contributed by atoms with Gasteiger partial charge in [-0.15, -0.1) is 70.8 Å². The Hall–Kier alpha value is -18.1. The zero-order valence-electron chi connectivity index (χ0n) is 72.1. The first-order valence-electron chi connectivity index (χ1n) is 39.7. The van der Waals surface area contributed by atoms with E-state index in [1.807, 2.05) is 174 Å². The van der Waals surface area contributed by atoms with Crippen molar-refractivity contribution in [1.82, 2.24) is 170 Å². The van der Waals surface area contributed by atoms with Gasteiger partial charge in [-0.1, -0.05) is 71.9 Å². The molecule has 24 aromatic heterocycles. The van der Waals surface area contributed by atoms with E-state index in [9.17, 15) is 0 Å². The third kappa shape index (κ3) is 55.6. The Kier molecular flexibility index (Phi) is 60.2. The van der Waals surface area contributed by atoms with Gasteiger partial charge in [-0.2, -0.15) is 36.8 Å². The Morgan fingerprint density at radius 3 is 1.23 bits per heavy atom. The SMILES string of the molecule is c1c[nH]cn1.c1cc2nc3ccncc3cc2cn1.c1cc2sccc2s1.c1cc[nH]c1.c1ccc2[nH]ccc2c1.c1ccc2[nH]cnc2c1.c1ccc2sccc2c1.c1ccncc1.c1ccnnc1.c1ccsc1.c1cn[nH]c1.c1cn[nH]c1.c1cnccn1.c1cncnc1.c1cnncn1.c1cnoc1.c1cnsc1.c1cocn1.c1cscn1.c1ncncn1.c1nncnn1. The molecular formula is C94H88N34O2S6. The monoisotopic (exact) mass is 1920 g/mol. The van der Waals surface area contributed by atoms with E-state index in [1.165, 1.54) is 111 Å². The highest BCUT2D eigenvalue weighted by Gasteiger charge is 1.99. The quantitative estimate of drug-likeness (QED) is 0.0768. The van der Waals surface area contributed by atoms with E-state index in [0.29, 0.717) is 0 Å². The molecule has 0 bridgehead atoms. The number of nitrogens with one attached hydrogen (secondary N) is 6. The van der Waals surface area contributed by atoms with E-state index in [1.54, 1.807) is 230 Å². The van der Waals surface area contributed by atoms with E-state index in [2.05, 4.69) is 262 Å². The Labute approximate surface area is 804 Å². The number of hydrogen-bond donors (Lipinski definition) is 6. The molecule has 36 nitrogen and oxygen atoms in total. The fourth-order valence-corrected chi connectivity index (χ4v) is 12.3. The summed E-state index contributed by atoms with van der Waals surface area (Å²) < 4.78 is 16.8. The lowest BCUT2D eigenvalue weighted by Crippen LogP contribution is -1.83. The number of thiophene rings is 4. The van der Waals surface area contributed by atoms with Crippen LogP contribution in [0.25, 0.3) is 63.2 Å².